The van der Waals surface area contributed by atoms with Crippen molar-refractivity contribution in [1.29, 1.82) is 0 Å². The zero-order chi connectivity index (χ0) is 15.5. The molecular formula is C14H18N4O4. The van der Waals surface area contributed by atoms with Gasteiger partial charge in [0, 0.05) is 18.7 Å². The van der Waals surface area contributed by atoms with E-state index >= 15 is 0 Å². The number of ether oxygens (including phenoxy) is 1. The zero-order valence-electron chi connectivity index (χ0n) is 12.3. The van der Waals surface area contributed by atoms with E-state index in [0.717, 1.165) is 5.56 Å². The first kappa shape index (κ1) is 14.7. The van der Waals surface area contributed by atoms with E-state index in [0.29, 0.717) is 19.7 Å². The van der Waals surface area contributed by atoms with Crippen LogP contribution in [0.2, 0.25) is 0 Å². The Kier molecular flexibility index (Phi) is 4.21. The highest BCUT2D eigenvalue weighted by Gasteiger charge is 2.30. The van der Waals surface area contributed by atoms with Gasteiger partial charge in [0.1, 0.15) is 12.1 Å². The number of hydrogen-bond acceptors (Lipinski definition) is 6. The number of amides is 1. The largest absolute Gasteiger partial charge is 0.472 e. The van der Waals surface area contributed by atoms with Gasteiger partial charge >= 0.3 is 0 Å². The van der Waals surface area contributed by atoms with Crippen molar-refractivity contribution in [3.8, 4) is 0 Å². The van der Waals surface area contributed by atoms with Crippen LogP contribution in [0, 0.1) is 0 Å². The molecule has 8 nitrogen and oxygen atoms in total. The molecule has 1 N–H and O–H groups in total. The van der Waals surface area contributed by atoms with Gasteiger partial charge in [0.2, 0.25) is 0 Å². The lowest BCUT2D eigenvalue weighted by atomic mass is 10.2. The Morgan fingerprint density at radius 2 is 2.41 bits per heavy atom. The van der Waals surface area contributed by atoms with Gasteiger partial charge in [-0.05, 0) is 13.0 Å². The lowest BCUT2D eigenvalue weighted by Gasteiger charge is -2.18. The number of furan rings is 1. The number of nitrogens with zero attached hydrogens (tertiary/aromatic N) is 4. The number of carbonyl (C=O) groups excluding carboxylic acids is 1. The second-order valence-electron chi connectivity index (χ2n) is 5.21. The van der Waals surface area contributed by atoms with Crippen molar-refractivity contribution in [2.45, 2.75) is 25.6 Å². The SMILES string of the molecule is CCN(Cc1ccoc1)C(=O)c1cn([C@@H]2COC[C@H]2O)nn1. The topological polar surface area (TPSA) is 93.6 Å². The highest BCUT2D eigenvalue weighted by Crippen LogP contribution is 2.19. The second kappa shape index (κ2) is 6.29. The van der Waals surface area contributed by atoms with Gasteiger partial charge in [0.15, 0.2) is 5.69 Å². The quantitative estimate of drug-likeness (QED) is 0.863. The average molecular weight is 306 g/mol. The molecule has 22 heavy (non-hydrogen) atoms. The molecule has 0 saturated carbocycles. The summed E-state index contributed by atoms with van der Waals surface area (Å²) >= 11 is 0. The third-order valence-electron chi connectivity index (χ3n) is 3.71. The van der Waals surface area contributed by atoms with Crippen LogP contribution >= 0.6 is 0 Å². The Labute approximate surface area is 127 Å². The van der Waals surface area contributed by atoms with E-state index in [9.17, 15) is 9.90 Å². The average Bonchev–Trinajstić information content (AvgIpc) is 3.25. The van der Waals surface area contributed by atoms with Crippen LogP contribution in [0.4, 0.5) is 0 Å². The Balaban J connectivity index is 1.72. The summed E-state index contributed by atoms with van der Waals surface area (Å²) in [5, 5.41) is 17.7. The van der Waals surface area contributed by atoms with Crippen molar-refractivity contribution in [2.24, 2.45) is 0 Å². The maximum Gasteiger partial charge on any atom is 0.276 e. The molecule has 0 aromatic carbocycles. The van der Waals surface area contributed by atoms with Crippen molar-refractivity contribution < 1.29 is 19.1 Å². The van der Waals surface area contributed by atoms with Gasteiger partial charge in [-0.3, -0.25) is 4.79 Å². The molecule has 8 heteroatoms. The van der Waals surface area contributed by atoms with Gasteiger partial charge in [-0.1, -0.05) is 5.21 Å². The lowest BCUT2D eigenvalue weighted by Crippen LogP contribution is -2.30. The molecule has 1 saturated heterocycles. The van der Waals surface area contributed by atoms with Crippen molar-refractivity contribution in [2.75, 3.05) is 19.8 Å². The van der Waals surface area contributed by atoms with Crippen molar-refractivity contribution >= 4 is 5.91 Å². The minimum atomic E-state index is -0.627. The molecular weight excluding hydrogens is 288 g/mol. The van der Waals surface area contributed by atoms with Gasteiger partial charge in [-0.25, -0.2) is 4.68 Å². The summed E-state index contributed by atoms with van der Waals surface area (Å²) in [6.45, 7) is 3.54. The molecule has 0 bridgehead atoms. The van der Waals surface area contributed by atoms with Crippen LogP contribution in [-0.2, 0) is 11.3 Å². The number of hydrogen-bond donors (Lipinski definition) is 1. The number of aromatic nitrogens is 3. The molecule has 1 aliphatic heterocycles. The van der Waals surface area contributed by atoms with Crippen LogP contribution < -0.4 is 0 Å². The zero-order valence-corrected chi connectivity index (χ0v) is 12.3. The van der Waals surface area contributed by atoms with Crippen LogP contribution in [0.3, 0.4) is 0 Å². The molecule has 0 aliphatic carbocycles. The van der Waals surface area contributed by atoms with Crippen LogP contribution in [0.25, 0.3) is 0 Å². The summed E-state index contributed by atoms with van der Waals surface area (Å²) in [6.07, 6.45) is 4.12. The fourth-order valence-electron chi connectivity index (χ4n) is 2.41. The van der Waals surface area contributed by atoms with Gasteiger partial charge in [-0.15, -0.1) is 5.10 Å². The summed E-state index contributed by atoms with van der Waals surface area (Å²) in [6, 6.07) is 1.52. The van der Waals surface area contributed by atoms with Crippen molar-refractivity contribution in [1.82, 2.24) is 19.9 Å². The molecule has 2 aromatic rings. The summed E-state index contributed by atoms with van der Waals surface area (Å²) in [7, 11) is 0. The molecule has 1 amide bonds. The van der Waals surface area contributed by atoms with Crippen LogP contribution in [0.1, 0.15) is 29.0 Å². The fourth-order valence-corrected chi connectivity index (χ4v) is 2.41. The van der Waals surface area contributed by atoms with E-state index in [1.54, 1.807) is 23.6 Å². The third kappa shape index (κ3) is 2.88. The smallest absolute Gasteiger partial charge is 0.276 e. The molecule has 3 rings (SSSR count). The Morgan fingerprint density at radius 3 is 3.05 bits per heavy atom. The second-order valence-corrected chi connectivity index (χ2v) is 5.21. The summed E-state index contributed by atoms with van der Waals surface area (Å²) < 4.78 is 11.7. The highest BCUT2D eigenvalue weighted by atomic mass is 16.5. The molecule has 2 atom stereocenters. The molecule has 0 radical (unpaired) electrons. The van der Waals surface area contributed by atoms with Gasteiger partial charge in [0.25, 0.3) is 5.91 Å². The first-order valence-electron chi connectivity index (χ1n) is 7.17. The van der Waals surface area contributed by atoms with Crippen molar-refractivity contribution in [3.63, 3.8) is 0 Å². The summed E-state index contributed by atoms with van der Waals surface area (Å²) in [5.74, 6) is -0.205. The lowest BCUT2D eigenvalue weighted by molar-refractivity contribution is 0.0746. The molecule has 0 spiro atoms. The van der Waals surface area contributed by atoms with Crippen LogP contribution in [0.15, 0.2) is 29.2 Å². The van der Waals surface area contributed by atoms with Gasteiger partial charge in [-0.2, -0.15) is 0 Å². The molecule has 1 aliphatic rings. The monoisotopic (exact) mass is 306 g/mol. The maximum absolute atomic E-state index is 12.5. The summed E-state index contributed by atoms with van der Waals surface area (Å²) in [4.78, 5) is 14.2. The Hall–Kier alpha value is -2.19. The van der Waals surface area contributed by atoms with Crippen LogP contribution in [-0.4, -0.2) is 56.8 Å². The maximum atomic E-state index is 12.5. The predicted octanol–water partition coefficient (Wildman–Crippen LogP) is 0.466. The third-order valence-corrected chi connectivity index (χ3v) is 3.71. The number of aliphatic hydroxyl groups excluding tert-OH is 1. The van der Waals surface area contributed by atoms with Crippen LogP contribution in [0.5, 0.6) is 0 Å². The van der Waals surface area contributed by atoms with Gasteiger partial charge in [0.05, 0.1) is 31.9 Å². The van der Waals surface area contributed by atoms with E-state index in [1.165, 1.54) is 4.68 Å². The van der Waals surface area contributed by atoms with E-state index in [4.69, 9.17) is 9.15 Å². The normalized spacial score (nSPS) is 21.2. The fraction of sp³-hybridized carbons (Fsp3) is 0.500. The number of carbonyl (C=O) groups is 1. The number of aliphatic hydroxyl groups is 1. The first-order chi connectivity index (χ1) is 10.7. The number of rotatable bonds is 5. The molecule has 1 fully saturated rings. The Morgan fingerprint density at radius 1 is 1.55 bits per heavy atom. The van der Waals surface area contributed by atoms with Crippen molar-refractivity contribution in [3.05, 3.63) is 36.0 Å². The standard InChI is InChI=1S/C14H18N4O4/c1-2-17(5-10-3-4-21-7-10)14(20)11-6-18(16-15-11)12-8-22-9-13(12)19/h3-4,6-7,12-13,19H,2,5,8-9H2,1H3/t12-,13-/m1/s1. The van der Waals surface area contributed by atoms with E-state index in [-0.39, 0.29) is 24.2 Å². The first-order valence-corrected chi connectivity index (χ1v) is 7.17. The molecule has 2 aromatic heterocycles. The molecule has 3 heterocycles. The highest BCUT2D eigenvalue weighted by molar-refractivity contribution is 5.91. The minimum Gasteiger partial charge on any atom is -0.472 e. The van der Waals surface area contributed by atoms with E-state index in [2.05, 4.69) is 10.3 Å². The molecule has 0 unspecified atom stereocenters. The predicted molar refractivity (Wildman–Crippen MR) is 75.0 cm³/mol. The van der Waals surface area contributed by atoms with Gasteiger partial charge < -0.3 is 19.2 Å². The minimum absolute atomic E-state index is 0.205. The molecule has 118 valence electrons. The van der Waals surface area contributed by atoms with E-state index in [1.807, 2.05) is 13.0 Å². The summed E-state index contributed by atoms with van der Waals surface area (Å²) in [5.41, 5.74) is 1.17. The van der Waals surface area contributed by atoms with E-state index < -0.39 is 6.10 Å². The Bertz CT molecular complexity index is 625.